The zero-order valence-electron chi connectivity index (χ0n) is 13.7. The molecule has 0 aromatic heterocycles. The van der Waals surface area contributed by atoms with Gasteiger partial charge in [0, 0.05) is 12.0 Å². The number of hydrogen-bond donors (Lipinski definition) is 0. The van der Waals surface area contributed by atoms with Crippen LogP contribution in [0.15, 0.2) is 37.8 Å². The third-order valence-electron chi connectivity index (χ3n) is 3.19. The van der Waals surface area contributed by atoms with Gasteiger partial charge < -0.3 is 4.74 Å². The Hall–Kier alpha value is -1.04. The van der Waals surface area contributed by atoms with Gasteiger partial charge in [-0.3, -0.25) is 9.59 Å². The van der Waals surface area contributed by atoms with Crippen LogP contribution in [0.4, 0.5) is 0 Å². The van der Waals surface area contributed by atoms with Crippen LogP contribution >= 0.6 is 58.0 Å². The molecule has 26 heavy (non-hydrogen) atoms. The fraction of sp³-hybridized carbons (Fsp3) is 0.235. The normalized spacial score (nSPS) is 11.5. The molecule has 1 aromatic rings. The summed E-state index contributed by atoms with van der Waals surface area (Å²) in [5.41, 5.74) is 2.23. The number of carbonyl (C=O) groups is 3. The highest BCUT2D eigenvalue weighted by Crippen LogP contribution is 2.31. The maximum atomic E-state index is 12.2. The second kappa shape index (κ2) is 10.3. The number of allylic oxidation sites excluding steroid dienone is 2. The van der Waals surface area contributed by atoms with Crippen molar-refractivity contribution in [3.05, 3.63) is 54.5 Å². The number of Topliss-reactive ketones (excluding diaryl/α,β-unsaturated/α-hetero) is 1. The van der Waals surface area contributed by atoms with Crippen molar-refractivity contribution in [3.8, 4) is 0 Å². The summed E-state index contributed by atoms with van der Waals surface area (Å²) >= 11 is 27.9. The number of hydrogen-bond acceptors (Lipinski definition) is 4. The van der Waals surface area contributed by atoms with E-state index in [1.165, 1.54) is 0 Å². The highest BCUT2D eigenvalue weighted by atomic mass is 35.5. The van der Waals surface area contributed by atoms with E-state index in [4.69, 9.17) is 58.0 Å². The van der Waals surface area contributed by atoms with Gasteiger partial charge in [0.05, 0.1) is 16.5 Å². The Balaban J connectivity index is 2.71. The highest BCUT2D eigenvalue weighted by Gasteiger charge is 2.21. The van der Waals surface area contributed by atoms with E-state index in [1.54, 1.807) is 13.0 Å². The van der Waals surface area contributed by atoms with Crippen molar-refractivity contribution in [1.29, 1.82) is 0 Å². The molecule has 0 heterocycles. The average Bonchev–Trinajstić information content (AvgIpc) is 2.59. The molecule has 0 atom stereocenters. The monoisotopic (exact) mass is 456 g/mol. The van der Waals surface area contributed by atoms with Crippen molar-refractivity contribution in [1.82, 2.24) is 0 Å². The third kappa shape index (κ3) is 6.60. The molecular weight excluding hydrogens is 445 g/mol. The maximum Gasteiger partial charge on any atom is 0.359 e. The van der Waals surface area contributed by atoms with Gasteiger partial charge in [0.1, 0.15) is 9.52 Å². The van der Waals surface area contributed by atoms with E-state index in [9.17, 15) is 14.4 Å². The summed E-state index contributed by atoms with van der Waals surface area (Å²) in [4.78, 5) is 35.7. The number of esters is 2. The zero-order valence-corrected chi connectivity index (χ0v) is 17.4. The van der Waals surface area contributed by atoms with Crippen LogP contribution in [0.5, 0.6) is 0 Å². The van der Waals surface area contributed by atoms with Gasteiger partial charge in [0.2, 0.25) is 0 Å². The summed E-state index contributed by atoms with van der Waals surface area (Å²) in [6, 6.07) is 5.43. The summed E-state index contributed by atoms with van der Waals surface area (Å²) in [7, 11) is 0. The fourth-order valence-corrected chi connectivity index (χ4v) is 2.59. The number of rotatable bonds is 6. The molecule has 1 aromatic carbocycles. The van der Waals surface area contributed by atoms with Crippen LogP contribution < -0.4 is 0 Å². The largest absolute Gasteiger partial charge is 0.389 e. The van der Waals surface area contributed by atoms with E-state index in [-0.39, 0.29) is 23.7 Å². The lowest BCUT2D eigenvalue weighted by molar-refractivity contribution is -0.156. The third-order valence-corrected chi connectivity index (χ3v) is 5.05. The predicted octanol–water partition coefficient (Wildman–Crippen LogP) is 5.91. The van der Waals surface area contributed by atoms with Gasteiger partial charge >= 0.3 is 11.9 Å². The Morgan fingerprint density at radius 3 is 2.08 bits per heavy atom. The smallest absolute Gasteiger partial charge is 0.359 e. The van der Waals surface area contributed by atoms with Crippen molar-refractivity contribution in [2.24, 2.45) is 0 Å². The minimum atomic E-state index is -1.23. The standard InChI is InChI=1S/C17H13Cl5O4/c1-8-3-4-9(2)10(7-8)11(23)5-6-12(24)26-17(25)15(20)13(18)14(19)16(21)22/h3-4,7H,5-6H2,1-2H3. The Bertz CT molecular complexity index is 807. The predicted molar refractivity (Wildman–Crippen MR) is 104 cm³/mol. The van der Waals surface area contributed by atoms with Crippen LogP contribution in [0.3, 0.4) is 0 Å². The lowest BCUT2D eigenvalue weighted by atomic mass is 9.99. The van der Waals surface area contributed by atoms with Crippen molar-refractivity contribution < 1.29 is 19.1 Å². The molecule has 140 valence electrons. The average molecular weight is 459 g/mol. The van der Waals surface area contributed by atoms with E-state index in [0.717, 1.165) is 11.1 Å². The molecule has 0 spiro atoms. The molecule has 0 amide bonds. The first-order valence-corrected chi connectivity index (χ1v) is 9.05. The molecule has 4 nitrogen and oxygen atoms in total. The van der Waals surface area contributed by atoms with Crippen LogP contribution in [0.1, 0.15) is 34.3 Å². The Morgan fingerprint density at radius 1 is 0.885 bits per heavy atom. The summed E-state index contributed by atoms with van der Waals surface area (Å²) in [6.45, 7) is 3.65. The number of halogens is 5. The lowest BCUT2D eigenvalue weighted by Gasteiger charge is -2.07. The minimum Gasteiger partial charge on any atom is -0.389 e. The molecule has 0 saturated carbocycles. The first-order valence-electron chi connectivity index (χ1n) is 7.16. The Kier molecular flexibility index (Phi) is 9.14. The van der Waals surface area contributed by atoms with Gasteiger partial charge in [-0.2, -0.15) is 0 Å². The maximum absolute atomic E-state index is 12.2. The molecule has 0 unspecified atom stereocenters. The Morgan fingerprint density at radius 2 is 1.50 bits per heavy atom. The van der Waals surface area contributed by atoms with E-state index in [0.29, 0.717) is 5.56 Å². The topological polar surface area (TPSA) is 60.4 Å². The molecule has 9 heteroatoms. The van der Waals surface area contributed by atoms with E-state index < -0.39 is 26.5 Å². The SMILES string of the molecule is Cc1ccc(C)c(C(=O)CCC(=O)OC(=O)C(Cl)=C(Cl)C(Cl)=C(Cl)Cl)c1. The van der Waals surface area contributed by atoms with E-state index in [2.05, 4.69) is 4.74 Å². The van der Waals surface area contributed by atoms with Crippen LogP contribution in [0.25, 0.3) is 0 Å². The van der Waals surface area contributed by atoms with Gasteiger partial charge in [-0.15, -0.1) is 0 Å². The summed E-state index contributed by atoms with van der Waals surface area (Å²) in [5, 5.41) is -1.49. The first-order chi connectivity index (χ1) is 12.0. The van der Waals surface area contributed by atoms with Crippen LogP contribution in [0.2, 0.25) is 0 Å². The van der Waals surface area contributed by atoms with E-state index >= 15 is 0 Å². The first kappa shape index (κ1) is 23.0. The van der Waals surface area contributed by atoms with Gasteiger partial charge in [-0.05, 0) is 25.5 Å². The van der Waals surface area contributed by atoms with Gasteiger partial charge in [-0.25, -0.2) is 4.79 Å². The number of aryl methyl sites for hydroxylation is 2. The molecule has 0 aliphatic rings. The molecular formula is C17H13Cl5O4. The van der Waals surface area contributed by atoms with E-state index in [1.807, 2.05) is 19.1 Å². The highest BCUT2D eigenvalue weighted by molar-refractivity contribution is 6.62. The molecule has 0 saturated heterocycles. The summed E-state index contributed by atoms with van der Waals surface area (Å²) in [6.07, 6.45) is -0.431. The fourth-order valence-electron chi connectivity index (χ4n) is 1.85. The molecule has 0 radical (unpaired) electrons. The molecule has 0 bridgehead atoms. The van der Waals surface area contributed by atoms with Gasteiger partial charge in [0.25, 0.3) is 0 Å². The second-order valence-electron chi connectivity index (χ2n) is 5.21. The number of benzene rings is 1. The second-order valence-corrected chi connectivity index (χ2v) is 7.29. The van der Waals surface area contributed by atoms with Gasteiger partial charge in [0.15, 0.2) is 5.78 Å². The quantitative estimate of drug-likeness (QED) is 0.175. The zero-order chi connectivity index (χ0) is 20.0. The molecule has 1 rings (SSSR count). The lowest BCUT2D eigenvalue weighted by Crippen LogP contribution is -2.14. The van der Waals surface area contributed by atoms with Crippen LogP contribution in [-0.2, 0) is 14.3 Å². The van der Waals surface area contributed by atoms with Gasteiger partial charge in [-0.1, -0.05) is 75.7 Å². The minimum absolute atomic E-state index is 0.125. The van der Waals surface area contributed by atoms with Crippen molar-refractivity contribution >= 4 is 75.7 Å². The summed E-state index contributed by atoms with van der Waals surface area (Å²) in [5.74, 6) is -2.41. The number of carbonyl (C=O) groups excluding carboxylic acids is 3. The molecule has 0 aliphatic heterocycles. The molecule has 0 N–H and O–H groups in total. The van der Waals surface area contributed by atoms with Crippen molar-refractivity contribution in [3.63, 3.8) is 0 Å². The van der Waals surface area contributed by atoms with Crippen molar-refractivity contribution in [2.45, 2.75) is 26.7 Å². The molecule has 0 fully saturated rings. The Labute approximate surface area is 175 Å². The van der Waals surface area contributed by atoms with Crippen LogP contribution in [0, 0.1) is 13.8 Å². The number of ketones is 1. The molecule has 0 aliphatic carbocycles. The van der Waals surface area contributed by atoms with Crippen LogP contribution in [-0.4, -0.2) is 17.7 Å². The van der Waals surface area contributed by atoms with Crippen molar-refractivity contribution in [2.75, 3.05) is 0 Å². The number of ether oxygens (including phenoxy) is 1. The summed E-state index contributed by atoms with van der Waals surface area (Å²) < 4.78 is 4.12.